The van der Waals surface area contributed by atoms with Gasteiger partial charge < -0.3 is 24.3 Å². The summed E-state index contributed by atoms with van der Waals surface area (Å²) in [6.07, 6.45) is 0.943. The monoisotopic (exact) mass is 705 g/mol. The Hall–Kier alpha value is -4.75. The Morgan fingerprint density at radius 1 is 0.667 bits per heavy atom. The molecule has 8 aliphatic rings. The van der Waals surface area contributed by atoms with Crippen molar-refractivity contribution >= 4 is 39.3 Å². The first-order chi connectivity index (χ1) is 24.7. The lowest BCUT2D eigenvalue weighted by atomic mass is 9.53. The van der Waals surface area contributed by atoms with Crippen molar-refractivity contribution in [2.24, 2.45) is 0 Å². The smallest absolute Gasteiger partial charge is 0.266 e. The molecule has 0 N–H and O–H groups in total. The molecule has 0 bridgehead atoms. The van der Waals surface area contributed by atoms with Crippen LogP contribution in [0.2, 0.25) is 0 Å². The molecule has 12 nitrogen and oxygen atoms in total. The molecule has 0 spiro atoms. The van der Waals surface area contributed by atoms with Crippen molar-refractivity contribution in [1.29, 1.82) is 0 Å². The number of amides is 4. The molecule has 11 rings (SSSR count). The van der Waals surface area contributed by atoms with Crippen molar-refractivity contribution in [3.63, 3.8) is 0 Å². The van der Waals surface area contributed by atoms with Gasteiger partial charge in [-0.1, -0.05) is 60.7 Å². The van der Waals surface area contributed by atoms with Gasteiger partial charge in [0.25, 0.3) is 10.0 Å². The lowest BCUT2D eigenvalue weighted by molar-refractivity contribution is -0.159. The van der Waals surface area contributed by atoms with Gasteiger partial charge in [0.05, 0.1) is 22.6 Å². The minimum Gasteiger partial charge on any atom is -0.358 e. The summed E-state index contributed by atoms with van der Waals surface area (Å²) in [5, 5.41) is 0. The van der Waals surface area contributed by atoms with Crippen LogP contribution in [-0.2, 0) is 51.2 Å². The second kappa shape index (κ2) is 9.77. The number of piperazine rings is 2. The first kappa shape index (κ1) is 29.9. The van der Waals surface area contributed by atoms with Crippen LogP contribution in [0.15, 0.2) is 83.8 Å². The number of ether oxygens (including phenoxy) is 1. The fourth-order valence-electron chi connectivity index (χ4n) is 11.8. The molecule has 0 saturated carbocycles. The van der Waals surface area contributed by atoms with Gasteiger partial charge in [-0.25, -0.2) is 12.7 Å². The number of rotatable bonds is 3. The Morgan fingerprint density at radius 3 is 2.16 bits per heavy atom. The van der Waals surface area contributed by atoms with Crippen molar-refractivity contribution in [1.82, 2.24) is 19.6 Å². The van der Waals surface area contributed by atoms with Crippen LogP contribution in [0.3, 0.4) is 0 Å². The van der Waals surface area contributed by atoms with Crippen LogP contribution in [0.5, 0.6) is 0 Å². The standard InChI is InChI=1S/C38H35N5O7S/c44-32-29-19-38(37-18-28-33(45)40-21-50-20-30(40)35(47)41(28)31(37)17-22-9-4-5-12-24(22)37)25-13-6-7-14-26(25)43(51(48,49)23-10-2-1-3-11-23)36(38)42(29)34(46)27-15-8-16-39(27)32/h1-7,9-14,27-31,36H,8,15-21H2/t27-,28-,29-,30-,31-,36-,37-,38?/m0/s1. The van der Waals surface area contributed by atoms with E-state index in [0.717, 1.165) is 16.7 Å². The molecule has 0 aromatic heterocycles. The van der Waals surface area contributed by atoms with Crippen molar-refractivity contribution in [2.75, 3.05) is 24.2 Å². The van der Waals surface area contributed by atoms with E-state index in [2.05, 4.69) is 6.07 Å². The molecule has 260 valence electrons. The van der Waals surface area contributed by atoms with Gasteiger partial charge in [-0.05, 0) is 67.0 Å². The summed E-state index contributed by atoms with van der Waals surface area (Å²) in [6, 6.07) is 20.0. The van der Waals surface area contributed by atoms with Crippen molar-refractivity contribution in [3.8, 4) is 0 Å². The molecule has 4 amide bonds. The fourth-order valence-corrected chi connectivity index (χ4v) is 13.5. The zero-order valence-corrected chi connectivity index (χ0v) is 28.4. The summed E-state index contributed by atoms with van der Waals surface area (Å²) in [5.41, 5.74) is 0.911. The molecule has 6 saturated heterocycles. The van der Waals surface area contributed by atoms with E-state index >= 15 is 8.42 Å². The van der Waals surface area contributed by atoms with E-state index in [4.69, 9.17) is 4.74 Å². The van der Waals surface area contributed by atoms with E-state index < -0.39 is 57.2 Å². The van der Waals surface area contributed by atoms with E-state index in [9.17, 15) is 19.2 Å². The number of benzene rings is 3. The molecular weight excluding hydrogens is 671 g/mol. The number of hydrogen-bond donors (Lipinski definition) is 0. The molecular formula is C38H35N5O7S. The highest BCUT2D eigenvalue weighted by Gasteiger charge is 2.80. The predicted molar refractivity (Wildman–Crippen MR) is 180 cm³/mol. The second-order valence-corrected chi connectivity index (χ2v) is 17.1. The number of hydrogen-bond acceptors (Lipinski definition) is 7. The number of carbonyl (C=O) groups is 4. The minimum atomic E-state index is -4.31. The lowest BCUT2D eigenvalue weighted by Crippen LogP contribution is -2.67. The average molecular weight is 706 g/mol. The Bertz CT molecular complexity index is 2220. The third kappa shape index (κ3) is 3.30. The molecule has 13 heteroatoms. The van der Waals surface area contributed by atoms with Crippen LogP contribution >= 0.6 is 0 Å². The van der Waals surface area contributed by atoms with Gasteiger partial charge in [0, 0.05) is 18.0 Å². The van der Waals surface area contributed by atoms with Crippen molar-refractivity contribution in [3.05, 3.63) is 95.6 Å². The molecule has 3 aromatic rings. The lowest BCUT2D eigenvalue weighted by Gasteiger charge is -2.50. The maximum absolute atomic E-state index is 15.2. The van der Waals surface area contributed by atoms with Gasteiger partial charge in [0.15, 0.2) is 0 Å². The quantitative estimate of drug-likeness (QED) is 0.406. The number of fused-ring (bicyclic) bond motifs is 13. The number of para-hydroxylation sites is 1. The Labute approximate surface area is 294 Å². The molecule has 1 unspecified atom stereocenters. The third-order valence-corrected chi connectivity index (χ3v) is 15.3. The zero-order valence-electron chi connectivity index (χ0n) is 27.6. The van der Waals surface area contributed by atoms with Gasteiger partial charge >= 0.3 is 0 Å². The van der Waals surface area contributed by atoms with E-state index in [1.807, 2.05) is 30.3 Å². The number of anilines is 1. The summed E-state index contributed by atoms with van der Waals surface area (Å²) in [4.78, 5) is 65.1. The number of sulfonamides is 1. The van der Waals surface area contributed by atoms with Crippen LogP contribution in [0.4, 0.5) is 5.69 Å². The topological polar surface area (TPSA) is 128 Å². The third-order valence-electron chi connectivity index (χ3n) is 13.5. The molecule has 6 fully saturated rings. The van der Waals surface area contributed by atoms with Crippen LogP contribution in [0.25, 0.3) is 0 Å². The number of nitrogens with zero attached hydrogens (tertiary/aromatic N) is 5. The first-order valence-electron chi connectivity index (χ1n) is 17.8. The number of carbonyl (C=O) groups excluding carboxylic acids is 4. The molecule has 7 heterocycles. The van der Waals surface area contributed by atoms with Crippen molar-refractivity contribution < 1.29 is 32.3 Å². The molecule has 51 heavy (non-hydrogen) atoms. The summed E-state index contributed by atoms with van der Waals surface area (Å²) in [6.45, 7) is 0.647. The van der Waals surface area contributed by atoms with Gasteiger partial charge in [-0.3, -0.25) is 19.2 Å². The van der Waals surface area contributed by atoms with Crippen LogP contribution in [-0.4, -0.2) is 108 Å². The van der Waals surface area contributed by atoms with E-state index in [1.165, 1.54) is 9.21 Å². The van der Waals surface area contributed by atoms with Gasteiger partial charge in [-0.15, -0.1) is 0 Å². The van der Waals surface area contributed by atoms with Crippen LogP contribution in [0, 0.1) is 0 Å². The zero-order chi connectivity index (χ0) is 34.6. The summed E-state index contributed by atoms with van der Waals surface area (Å²) >= 11 is 0. The first-order valence-corrected chi connectivity index (χ1v) is 19.3. The summed E-state index contributed by atoms with van der Waals surface area (Å²) < 4.78 is 37.4. The van der Waals surface area contributed by atoms with Crippen molar-refractivity contribution in [2.45, 2.75) is 84.2 Å². The normalized spacial score (nSPS) is 35.8. The van der Waals surface area contributed by atoms with Gasteiger partial charge in [0.1, 0.15) is 37.1 Å². The summed E-state index contributed by atoms with van der Waals surface area (Å²) in [5.74, 6) is -0.765. The van der Waals surface area contributed by atoms with Crippen LogP contribution < -0.4 is 4.31 Å². The second-order valence-electron chi connectivity index (χ2n) is 15.3. The maximum atomic E-state index is 15.2. The Morgan fingerprint density at radius 2 is 1.33 bits per heavy atom. The molecule has 7 aliphatic heterocycles. The summed E-state index contributed by atoms with van der Waals surface area (Å²) in [7, 11) is -4.31. The highest BCUT2D eigenvalue weighted by Crippen LogP contribution is 2.71. The average Bonchev–Trinajstić information content (AvgIpc) is 3.98. The maximum Gasteiger partial charge on any atom is 0.266 e. The van der Waals surface area contributed by atoms with E-state index in [0.29, 0.717) is 31.5 Å². The molecule has 0 radical (unpaired) electrons. The SMILES string of the molecule is O=C1[C@@H]2C[C@]3(C45C[C@H]6C(=O)N7CCC[C@H]7C(=O)N6[C@H]4N(S(=O)(=O)c4ccccc4)c4ccccc45)c4ccccc4C[C@@H]3N2C(=O)[C@@H]2COCN12. The van der Waals surface area contributed by atoms with E-state index in [1.54, 1.807) is 57.2 Å². The highest BCUT2D eigenvalue weighted by molar-refractivity contribution is 7.92. The molecule has 1 aliphatic carbocycles. The van der Waals surface area contributed by atoms with Gasteiger partial charge in [0.2, 0.25) is 23.6 Å². The minimum absolute atomic E-state index is 0.0452. The Balaban J connectivity index is 1.22. The van der Waals surface area contributed by atoms with Crippen LogP contribution in [0.1, 0.15) is 42.4 Å². The molecule has 3 aromatic carbocycles. The van der Waals surface area contributed by atoms with Gasteiger partial charge in [-0.2, -0.15) is 0 Å². The largest absolute Gasteiger partial charge is 0.358 e. The van der Waals surface area contributed by atoms with E-state index in [-0.39, 0.29) is 54.7 Å². The predicted octanol–water partition coefficient (Wildman–Crippen LogP) is 1.73. The molecule has 8 atom stereocenters. The Kier molecular flexibility index (Phi) is 5.73. The fraction of sp³-hybridized carbons (Fsp3) is 0.421. The highest BCUT2D eigenvalue weighted by atomic mass is 32.2.